The number of hydrogen-bond acceptors (Lipinski definition) is 3. The van der Waals surface area contributed by atoms with Gasteiger partial charge < -0.3 is 10.1 Å². The van der Waals surface area contributed by atoms with E-state index in [0.29, 0.717) is 23.1 Å². The largest absolute Gasteiger partial charge is 0.376 e. The smallest absolute Gasteiger partial charge is 0.257 e. The van der Waals surface area contributed by atoms with Gasteiger partial charge in [0.2, 0.25) is 5.96 Å². The van der Waals surface area contributed by atoms with Gasteiger partial charge in [-0.05, 0) is 61.2 Å². The van der Waals surface area contributed by atoms with Crippen LogP contribution in [0.1, 0.15) is 35.7 Å². The lowest BCUT2D eigenvalue weighted by atomic mass is 10.1. The Balaban J connectivity index is 1.72. The second-order valence-electron chi connectivity index (χ2n) is 6.46. The molecule has 2 aromatic rings. The molecule has 27 heavy (non-hydrogen) atoms. The molecule has 2 aromatic carbocycles. The van der Waals surface area contributed by atoms with Crippen molar-refractivity contribution >= 4 is 29.2 Å². The first-order valence-electron chi connectivity index (χ1n) is 9.23. The summed E-state index contributed by atoms with van der Waals surface area (Å²) in [6.45, 7) is 3.40. The molecule has 1 fully saturated rings. The van der Waals surface area contributed by atoms with Gasteiger partial charge >= 0.3 is 0 Å². The molecule has 0 aliphatic carbocycles. The first-order chi connectivity index (χ1) is 13.1. The highest BCUT2D eigenvalue weighted by molar-refractivity contribution is 6.30. The number of ether oxygens (including phenoxy) is 1. The number of guanidine groups is 1. The maximum Gasteiger partial charge on any atom is 0.257 e. The molecule has 1 atom stereocenters. The van der Waals surface area contributed by atoms with Crippen LogP contribution in [0.25, 0.3) is 0 Å². The van der Waals surface area contributed by atoms with E-state index in [1.165, 1.54) is 5.56 Å². The number of hydrogen-bond donors (Lipinski definition) is 2. The van der Waals surface area contributed by atoms with Gasteiger partial charge in [0.05, 0.1) is 12.6 Å². The Morgan fingerprint density at radius 1 is 1.19 bits per heavy atom. The van der Waals surface area contributed by atoms with Gasteiger partial charge in [0.25, 0.3) is 5.91 Å². The van der Waals surface area contributed by atoms with Crippen molar-refractivity contribution in [2.75, 3.05) is 18.5 Å². The van der Waals surface area contributed by atoms with E-state index >= 15 is 0 Å². The third-order valence-corrected chi connectivity index (χ3v) is 4.69. The molecular formula is C21H24ClN3O2. The zero-order valence-electron chi connectivity index (χ0n) is 15.4. The van der Waals surface area contributed by atoms with E-state index in [4.69, 9.17) is 16.3 Å². The van der Waals surface area contributed by atoms with E-state index in [1.807, 2.05) is 12.1 Å². The quantitative estimate of drug-likeness (QED) is 0.596. The standard InChI is InChI=1S/C21H24ClN3O2/c1-2-15-5-11-18(12-6-15)24-21(23-14-19-4-3-13-27-19)25-20(26)16-7-9-17(22)10-8-16/h5-12,19H,2-4,13-14H2,1H3,(H2,23,24,25,26). The van der Waals surface area contributed by atoms with Crippen LogP contribution in [0.3, 0.4) is 0 Å². The summed E-state index contributed by atoms with van der Waals surface area (Å²) >= 11 is 5.89. The number of rotatable bonds is 5. The summed E-state index contributed by atoms with van der Waals surface area (Å²) in [6.07, 6.45) is 3.14. The Morgan fingerprint density at radius 2 is 1.93 bits per heavy atom. The van der Waals surface area contributed by atoms with E-state index in [0.717, 1.165) is 31.6 Å². The fourth-order valence-corrected chi connectivity index (χ4v) is 2.96. The highest BCUT2D eigenvalue weighted by Gasteiger charge is 2.16. The second kappa shape index (κ2) is 9.53. The molecule has 3 rings (SSSR count). The number of carbonyl (C=O) groups is 1. The average molecular weight is 386 g/mol. The summed E-state index contributed by atoms with van der Waals surface area (Å²) in [5, 5.41) is 6.65. The van der Waals surface area contributed by atoms with Crippen LogP contribution < -0.4 is 10.6 Å². The van der Waals surface area contributed by atoms with E-state index in [1.54, 1.807) is 24.3 Å². The highest BCUT2D eigenvalue weighted by atomic mass is 35.5. The van der Waals surface area contributed by atoms with Gasteiger partial charge in [-0.25, -0.2) is 4.99 Å². The number of nitrogens with one attached hydrogen (secondary N) is 2. The molecular weight excluding hydrogens is 362 g/mol. The molecule has 6 heteroatoms. The summed E-state index contributed by atoms with van der Waals surface area (Å²) < 4.78 is 5.62. The van der Waals surface area contributed by atoms with Crippen LogP contribution >= 0.6 is 11.6 Å². The van der Waals surface area contributed by atoms with Gasteiger partial charge in [0, 0.05) is 22.9 Å². The van der Waals surface area contributed by atoms with Gasteiger partial charge in [-0.3, -0.25) is 10.1 Å². The number of aryl methyl sites for hydroxylation is 1. The van der Waals surface area contributed by atoms with Crippen molar-refractivity contribution in [1.82, 2.24) is 5.32 Å². The molecule has 1 heterocycles. The predicted molar refractivity (Wildman–Crippen MR) is 110 cm³/mol. The normalized spacial score (nSPS) is 17.0. The number of anilines is 1. The number of aliphatic imine (C=N–C) groups is 1. The number of benzene rings is 2. The summed E-state index contributed by atoms with van der Waals surface area (Å²) in [7, 11) is 0. The zero-order chi connectivity index (χ0) is 19.1. The lowest BCUT2D eigenvalue weighted by Crippen LogP contribution is -2.36. The van der Waals surface area contributed by atoms with Crippen molar-refractivity contribution in [3.63, 3.8) is 0 Å². The highest BCUT2D eigenvalue weighted by Crippen LogP contribution is 2.14. The van der Waals surface area contributed by atoms with E-state index in [2.05, 4.69) is 34.7 Å². The lowest BCUT2D eigenvalue weighted by Gasteiger charge is -2.14. The molecule has 0 saturated carbocycles. The lowest BCUT2D eigenvalue weighted by molar-refractivity contribution is 0.0975. The predicted octanol–water partition coefficient (Wildman–Crippen LogP) is 4.28. The minimum absolute atomic E-state index is 0.108. The third kappa shape index (κ3) is 5.81. The van der Waals surface area contributed by atoms with Crippen molar-refractivity contribution in [3.8, 4) is 0 Å². The molecule has 1 amide bonds. The van der Waals surface area contributed by atoms with Crippen molar-refractivity contribution in [1.29, 1.82) is 0 Å². The van der Waals surface area contributed by atoms with Crippen LogP contribution in [0.4, 0.5) is 5.69 Å². The molecule has 142 valence electrons. The Bertz CT molecular complexity index is 782. The van der Waals surface area contributed by atoms with Crippen molar-refractivity contribution in [2.45, 2.75) is 32.3 Å². The van der Waals surface area contributed by atoms with Gasteiger partial charge in [-0.2, -0.15) is 0 Å². The van der Waals surface area contributed by atoms with Crippen molar-refractivity contribution in [2.24, 2.45) is 4.99 Å². The van der Waals surface area contributed by atoms with Crippen LogP contribution in [0, 0.1) is 0 Å². The van der Waals surface area contributed by atoms with Gasteiger partial charge in [-0.1, -0.05) is 30.7 Å². The van der Waals surface area contributed by atoms with E-state index < -0.39 is 0 Å². The minimum atomic E-state index is -0.240. The molecule has 2 N–H and O–H groups in total. The van der Waals surface area contributed by atoms with Crippen LogP contribution in [-0.4, -0.2) is 31.1 Å². The average Bonchev–Trinajstić information content (AvgIpc) is 3.21. The fourth-order valence-electron chi connectivity index (χ4n) is 2.83. The zero-order valence-corrected chi connectivity index (χ0v) is 16.1. The number of carbonyl (C=O) groups excluding carboxylic acids is 1. The first kappa shape index (κ1) is 19.4. The molecule has 0 radical (unpaired) electrons. The second-order valence-corrected chi connectivity index (χ2v) is 6.90. The van der Waals surface area contributed by atoms with Crippen LogP contribution in [0.5, 0.6) is 0 Å². The summed E-state index contributed by atoms with van der Waals surface area (Å²) in [4.78, 5) is 17.1. The fraction of sp³-hybridized carbons (Fsp3) is 0.333. The van der Waals surface area contributed by atoms with E-state index in [-0.39, 0.29) is 12.0 Å². The SMILES string of the molecule is CCc1ccc(NC(=NCC2CCCO2)NC(=O)c2ccc(Cl)cc2)cc1. The van der Waals surface area contributed by atoms with Gasteiger partial charge in [0.1, 0.15) is 0 Å². The molecule has 1 unspecified atom stereocenters. The summed E-state index contributed by atoms with van der Waals surface area (Å²) in [5.74, 6) is 0.171. The molecule has 1 aliphatic heterocycles. The number of amides is 1. The van der Waals surface area contributed by atoms with Crippen LogP contribution in [0.2, 0.25) is 5.02 Å². The molecule has 0 aromatic heterocycles. The molecule has 0 bridgehead atoms. The molecule has 1 saturated heterocycles. The Kier molecular flexibility index (Phi) is 6.85. The first-order valence-corrected chi connectivity index (χ1v) is 9.61. The Morgan fingerprint density at radius 3 is 2.56 bits per heavy atom. The number of halogens is 1. The minimum Gasteiger partial charge on any atom is -0.376 e. The summed E-state index contributed by atoms with van der Waals surface area (Å²) in [5.41, 5.74) is 2.64. The topological polar surface area (TPSA) is 62.7 Å². The summed E-state index contributed by atoms with van der Waals surface area (Å²) in [6, 6.07) is 14.8. The van der Waals surface area contributed by atoms with Crippen molar-refractivity contribution in [3.05, 3.63) is 64.7 Å². The monoisotopic (exact) mass is 385 g/mol. The van der Waals surface area contributed by atoms with Gasteiger partial charge in [-0.15, -0.1) is 0 Å². The Hall–Kier alpha value is -2.37. The Labute approximate surface area is 164 Å². The third-order valence-electron chi connectivity index (χ3n) is 4.44. The molecule has 5 nitrogen and oxygen atoms in total. The maximum absolute atomic E-state index is 12.5. The van der Waals surface area contributed by atoms with Crippen LogP contribution in [-0.2, 0) is 11.2 Å². The van der Waals surface area contributed by atoms with Crippen LogP contribution in [0.15, 0.2) is 53.5 Å². The maximum atomic E-state index is 12.5. The number of nitrogens with zero attached hydrogens (tertiary/aromatic N) is 1. The molecule has 0 spiro atoms. The van der Waals surface area contributed by atoms with E-state index in [9.17, 15) is 4.79 Å². The van der Waals surface area contributed by atoms with Crippen molar-refractivity contribution < 1.29 is 9.53 Å². The van der Waals surface area contributed by atoms with Gasteiger partial charge in [0.15, 0.2) is 0 Å². The molecule has 1 aliphatic rings.